The normalized spacial score (nSPS) is 10.6. The lowest BCUT2D eigenvalue weighted by Crippen LogP contribution is -2.08. The number of allylic oxidation sites excluding steroid dienone is 1. The zero-order valence-electron chi connectivity index (χ0n) is 12.1. The third-order valence-corrected chi connectivity index (χ3v) is 3.04. The summed E-state index contributed by atoms with van der Waals surface area (Å²) >= 11 is 0. The van der Waals surface area contributed by atoms with Crippen LogP contribution in [0.4, 0.5) is 11.4 Å². The number of phenols is 1. The number of anilines is 2. The molecule has 2 rings (SSSR count). The van der Waals surface area contributed by atoms with Crippen molar-refractivity contribution in [3.63, 3.8) is 0 Å². The first-order valence-electron chi connectivity index (χ1n) is 6.61. The van der Waals surface area contributed by atoms with Crippen molar-refractivity contribution in [2.24, 2.45) is 0 Å². The quantitative estimate of drug-likeness (QED) is 0.653. The Labute approximate surface area is 124 Å². The Kier molecular flexibility index (Phi) is 4.61. The number of rotatable bonds is 5. The van der Waals surface area contributed by atoms with Gasteiger partial charge in [0, 0.05) is 37.7 Å². The van der Waals surface area contributed by atoms with Gasteiger partial charge in [0.2, 0.25) is 0 Å². The number of carbonyl (C=O) groups excluding carboxylic acids is 1. The van der Waals surface area contributed by atoms with Gasteiger partial charge in [0.25, 0.3) is 0 Å². The van der Waals surface area contributed by atoms with Gasteiger partial charge in [-0.1, -0.05) is 12.1 Å². The molecule has 0 aliphatic heterocycles. The number of nitrogens with zero attached hydrogens (tertiary/aromatic N) is 1. The number of hydrogen-bond donors (Lipinski definition) is 2. The van der Waals surface area contributed by atoms with Crippen molar-refractivity contribution in [2.75, 3.05) is 24.3 Å². The summed E-state index contributed by atoms with van der Waals surface area (Å²) < 4.78 is 0. The van der Waals surface area contributed by atoms with Crippen molar-refractivity contribution in [2.45, 2.75) is 0 Å². The van der Waals surface area contributed by atoms with Crippen molar-refractivity contribution in [1.29, 1.82) is 0 Å². The minimum atomic E-state index is -0.245. The van der Waals surface area contributed by atoms with Crippen LogP contribution in [-0.4, -0.2) is 25.0 Å². The van der Waals surface area contributed by atoms with Gasteiger partial charge in [0.05, 0.1) is 5.56 Å². The Morgan fingerprint density at radius 2 is 1.76 bits per heavy atom. The molecule has 0 amide bonds. The van der Waals surface area contributed by atoms with Crippen LogP contribution in [0.2, 0.25) is 0 Å². The third kappa shape index (κ3) is 3.86. The van der Waals surface area contributed by atoms with E-state index >= 15 is 0 Å². The van der Waals surface area contributed by atoms with Gasteiger partial charge in [-0.15, -0.1) is 0 Å². The van der Waals surface area contributed by atoms with Gasteiger partial charge in [-0.2, -0.15) is 0 Å². The molecule has 0 saturated carbocycles. The van der Waals surface area contributed by atoms with Crippen LogP contribution in [0.5, 0.6) is 5.75 Å². The minimum absolute atomic E-state index is 0.0116. The molecule has 0 heterocycles. The van der Waals surface area contributed by atoms with Crippen LogP contribution in [0.25, 0.3) is 0 Å². The molecule has 4 heteroatoms. The molecule has 4 nitrogen and oxygen atoms in total. The van der Waals surface area contributed by atoms with E-state index in [0.29, 0.717) is 5.56 Å². The van der Waals surface area contributed by atoms with Crippen molar-refractivity contribution in [3.8, 4) is 5.75 Å². The largest absolute Gasteiger partial charge is 0.507 e. The fourth-order valence-electron chi connectivity index (χ4n) is 1.84. The number of phenolic OH excluding ortho intramolecular Hbond substituents is 1. The van der Waals surface area contributed by atoms with Crippen LogP contribution in [0.3, 0.4) is 0 Å². The van der Waals surface area contributed by atoms with E-state index in [0.717, 1.165) is 11.4 Å². The molecule has 21 heavy (non-hydrogen) atoms. The molecule has 0 aliphatic rings. The Bertz CT molecular complexity index is 646. The lowest BCUT2D eigenvalue weighted by atomic mass is 10.1. The number of ketones is 1. The van der Waals surface area contributed by atoms with E-state index in [-0.39, 0.29) is 11.5 Å². The SMILES string of the molecule is CN(C)c1ccc(N/C=C/C(=O)c2ccccc2O)cc1. The molecular formula is C17H18N2O2. The van der Waals surface area contributed by atoms with Gasteiger partial charge < -0.3 is 15.3 Å². The number of nitrogens with one attached hydrogen (secondary N) is 1. The molecule has 2 aromatic carbocycles. The van der Waals surface area contributed by atoms with Crippen molar-refractivity contribution < 1.29 is 9.90 Å². The summed E-state index contributed by atoms with van der Waals surface area (Å²) in [5.41, 5.74) is 2.29. The smallest absolute Gasteiger partial charge is 0.190 e. The maximum absolute atomic E-state index is 11.9. The molecule has 0 saturated heterocycles. The maximum Gasteiger partial charge on any atom is 0.190 e. The lowest BCUT2D eigenvalue weighted by molar-refractivity contribution is 0.104. The van der Waals surface area contributed by atoms with Gasteiger partial charge in [-0.25, -0.2) is 0 Å². The van der Waals surface area contributed by atoms with Crippen LogP contribution < -0.4 is 10.2 Å². The van der Waals surface area contributed by atoms with Crippen LogP contribution in [-0.2, 0) is 0 Å². The second-order valence-electron chi connectivity index (χ2n) is 4.80. The summed E-state index contributed by atoms with van der Waals surface area (Å²) in [7, 11) is 3.96. The summed E-state index contributed by atoms with van der Waals surface area (Å²) in [6, 6.07) is 14.3. The van der Waals surface area contributed by atoms with Gasteiger partial charge in [-0.05, 0) is 36.4 Å². The molecular weight excluding hydrogens is 264 g/mol. The van der Waals surface area contributed by atoms with Gasteiger partial charge in [0.15, 0.2) is 5.78 Å². The fourth-order valence-corrected chi connectivity index (χ4v) is 1.84. The Balaban J connectivity index is 1.99. The van der Waals surface area contributed by atoms with E-state index in [2.05, 4.69) is 5.32 Å². The summed E-state index contributed by atoms with van der Waals surface area (Å²) in [5, 5.41) is 12.6. The summed E-state index contributed by atoms with van der Waals surface area (Å²) in [5.74, 6) is -0.256. The van der Waals surface area contributed by atoms with E-state index in [4.69, 9.17) is 0 Å². The maximum atomic E-state index is 11.9. The van der Waals surface area contributed by atoms with Gasteiger partial charge >= 0.3 is 0 Å². The summed E-state index contributed by atoms with van der Waals surface area (Å²) in [6.45, 7) is 0. The number of hydrogen-bond acceptors (Lipinski definition) is 4. The Hall–Kier alpha value is -2.75. The molecule has 0 bridgehead atoms. The highest BCUT2D eigenvalue weighted by atomic mass is 16.3. The van der Waals surface area contributed by atoms with E-state index in [9.17, 15) is 9.90 Å². The first kappa shape index (κ1) is 14.7. The summed E-state index contributed by atoms with van der Waals surface area (Å²) in [4.78, 5) is 13.9. The van der Waals surface area contributed by atoms with Crippen LogP contribution >= 0.6 is 0 Å². The van der Waals surface area contributed by atoms with Crippen molar-refractivity contribution in [3.05, 3.63) is 66.4 Å². The number of aromatic hydroxyl groups is 1. The molecule has 108 valence electrons. The third-order valence-electron chi connectivity index (χ3n) is 3.04. The minimum Gasteiger partial charge on any atom is -0.507 e. The van der Waals surface area contributed by atoms with E-state index < -0.39 is 0 Å². The number of benzene rings is 2. The monoisotopic (exact) mass is 282 g/mol. The zero-order chi connectivity index (χ0) is 15.2. The van der Waals surface area contributed by atoms with E-state index in [1.807, 2.05) is 43.3 Å². The molecule has 0 radical (unpaired) electrons. The Morgan fingerprint density at radius 1 is 1.10 bits per heavy atom. The van der Waals surface area contributed by atoms with E-state index in [1.54, 1.807) is 24.4 Å². The molecule has 0 aromatic heterocycles. The predicted molar refractivity (Wildman–Crippen MR) is 86.0 cm³/mol. The number of carbonyl (C=O) groups is 1. The zero-order valence-corrected chi connectivity index (χ0v) is 12.1. The molecule has 0 spiro atoms. The Morgan fingerprint density at radius 3 is 2.38 bits per heavy atom. The highest BCUT2D eigenvalue weighted by Crippen LogP contribution is 2.17. The first-order valence-corrected chi connectivity index (χ1v) is 6.61. The van der Waals surface area contributed by atoms with Crippen LogP contribution in [0.15, 0.2) is 60.8 Å². The standard InChI is InChI=1S/C17H18N2O2/c1-19(2)14-9-7-13(8-10-14)18-12-11-17(21)15-5-3-4-6-16(15)20/h3-12,18,20H,1-2H3/b12-11+. The second kappa shape index (κ2) is 6.61. The lowest BCUT2D eigenvalue weighted by Gasteiger charge is -2.12. The summed E-state index contributed by atoms with van der Waals surface area (Å²) in [6.07, 6.45) is 2.97. The van der Waals surface area contributed by atoms with Crippen LogP contribution in [0, 0.1) is 0 Å². The highest BCUT2D eigenvalue weighted by molar-refractivity contribution is 6.06. The second-order valence-corrected chi connectivity index (χ2v) is 4.80. The topological polar surface area (TPSA) is 52.6 Å². The van der Waals surface area contributed by atoms with Crippen LogP contribution in [0.1, 0.15) is 10.4 Å². The average Bonchev–Trinajstić information content (AvgIpc) is 2.48. The molecule has 0 fully saturated rings. The molecule has 0 aliphatic carbocycles. The van der Waals surface area contributed by atoms with Gasteiger partial charge in [-0.3, -0.25) is 4.79 Å². The molecule has 0 atom stereocenters. The predicted octanol–water partition coefficient (Wildman–Crippen LogP) is 3.27. The van der Waals surface area contributed by atoms with Crippen molar-refractivity contribution in [1.82, 2.24) is 0 Å². The number of para-hydroxylation sites is 1. The highest BCUT2D eigenvalue weighted by Gasteiger charge is 2.06. The molecule has 0 unspecified atom stereocenters. The fraction of sp³-hybridized carbons (Fsp3) is 0.118. The van der Waals surface area contributed by atoms with E-state index in [1.165, 1.54) is 12.1 Å². The molecule has 2 aromatic rings. The first-order chi connectivity index (χ1) is 10.1. The average molecular weight is 282 g/mol. The van der Waals surface area contributed by atoms with Gasteiger partial charge in [0.1, 0.15) is 5.75 Å². The molecule has 2 N–H and O–H groups in total. The van der Waals surface area contributed by atoms with Crippen molar-refractivity contribution >= 4 is 17.2 Å².